The number of hydrogen-bond donors (Lipinski definition) is 4. The van der Waals surface area contributed by atoms with Gasteiger partial charge in [-0.15, -0.1) is 0 Å². The summed E-state index contributed by atoms with van der Waals surface area (Å²) in [5, 5.41) is 11.5. The summed E-state index contributed by atoms with van der Waals surface area (Å²) in [6, 6.07) is 12.9. The number of amides is 2. The van der Waals surface area contributed by atoms with Crippen LogP contribution in [0.4, 0.5) is 24.8 Å². The number of anilines is 2. The summed E-state index contributed by atoms with van der Waals surface area (Å²) in [4.78, 5) is 32.1. The van der Waals surface area contributed by atoms with Gasteiger partial charge < -0.3 is 21.3 Å². The fourth-order valence-corrected chi connectivity index (χ4v) is 3.04. The van der Waals surface area contributed by atoms with E-state index in [1.807, 2.05) is 30.3 Å². The minimum Gasteiger partial charge on any atom is -0.368 e. The Morgan fingerprint density at radius 1 is 0.833 bits per heavy atom. The van der Waals surface area contributed by atoms with Gasteiger partial charge in [-0.1, -0.05) is 30.3 Å². The van der Waals surface area contributed by atoms with E-state index in [9.17, 15) is 22.8 Å². The van der Waals surface area contributed by atoms with Crippen LogP contribution >= 0.6 is 0 Å². The second-order valence-electron chi connectivity index (χ2n) is 7.55. The van der Waals surface area contributed by atoms with Gasteiger partial charge in [-0.3, -0.25) is 9.59 Å². The predicted molar refractivity (Wildman–Crippen MR) is 131 cm³/mol. The molecule has 0 saturated heterocycles. The molecule has 0 spiro atoms. The van der Waals surface area contributed by atoms with E-state index in [4.69, 9.17) is 0 Å². The first kappa shape index (κ1) is 26.2. The number of carbonyl (C=O) groups excluding carboxylic acids is 2. The molecule has 36 heavy (non-hydrogen) atoms. The fraction of sp³-hybridized carbons (Fsp3) is 0.200. The summed E-state index contributed by atoms with van der Waals surface area (Å²) >= 11 is 0. The van der Waals surface area contributed by atoms with Crippen LogP contribution < -0.4 is 21.3 Å². The van der Waals surface area contributed by atoms with Gasteiger partial charge in [-0.25, -0.2) is 23.1 Å². The highest BCUT2D eigenvalue weighted by Gasteiger charge is 2.11. The average molecular weight is 499 g/mol. The van der Waals surface area contributed by atoms with Crippen LogP contribution in [0.25, 0.3) is 17.5 Å². The third kappa shape index (κ3) is 7.83. The number of carbonyl (C=O) groups is 2. The number of halogens is 3. The van der Waals surface area contributed by atoms with E-state index in [2.05, 4.69) is 31.2 Å². The van der Waals surface area contributed by atoms with Crippen molar-refractivity contribution in [3.05, 3.63) is 77.6 Å². The zero-order valence-electron chi connectivity index (χ0n) is 19.4. The first-order chi connectivity index (χ1) is 17.3. The molecule has 188 valence electrons. The molecule has 0 aliphatic rings. The van der Waals surface area contributed by atoms with Gasteiger partial charge in [0.25, 0.3) is 0 Å². The zero-order valence-corrected chi connectivity index (χ0v) is 19.4. The van der Waals surface area contributed by atoms with E-state index in [0.29, 0.717) is 37.1 Å². The summed E-state index contributed by atoms with van der Waals surface area (Å²) < 4.78 is 40.0. The Morgan fingerprint density at radius 3 is 2.11 bits per heavy atom. The van der Waals surface area contributed by atoms with Gasteiger partial charge >= 0.3 is 0 Å². The Kier molecular flexibility index (Phi) is 9.38. The monoisotopic (exact) mass is 498 g/mol. The second kappa shape index (κ2) is 12.9. The van der Waals surface area contributed by atoms with Crippen LogP contribution in [-0.2, 0) is 9.59 Å². The summed E-state index contributed by atoms with van der Waals surface area (Å²) in [6.45, 7) is 2.85. The molecule has 3 rings (SSSR count). The molecule has 2 aromatic carbocycles. The molecule has 1 heterocycles. The number of aromatic nitrogens is 2. The van der Waals surface area contributed by atoms with Crippen molar-refractivity contribution >= 4 is 29.5 Å². The first-order valence-corrected chi connectivity index (χ1v) is 11.1. The lowest BCUT2D eigenvalue weighted by atomic mass is 10.2. The van der Waals surface area contributed by atoms with Crippen LogP contribution in [0.1, 0.15) is 12.5 Å². The van der Waals surface area contributed by atoms with E-state index < -0.39 is 23.4 Å². The maximum Gasteiger partial charge on any atom is 0.244 e. The normalized spacial score (nSPS) is 10.8. The number of nitrogens with one attached hydrogen (secondary N) is 4. The van der Waals surface area contributed by atoms with Crippen molar-refractivity contribution in [2.75, 3.05) is 36.8 Å². The second-order valence-corrected chi connectivity index (χ2v) is 7.55. The number of hydrogen-bond acceptors (Lipinski definition) is 6. The summed E-state index contributed by atoms with van der Waals surface area (Å²) in [7, 11) is 0. The van der Waals surface area contributed by atoms with Crippen LogP contribution in [0.3, 0.4) is 0 Å². The Morgan fingerprint density at radius 2 is 1.47 bits per heavy atom. The van der Waals surface area contributed by atoms with Crippen LogP contribution in [0.15, 0.2) is 54.6 Å². The number of nitrogens with zero attached hydrogens (tertiary/aromatic N) is 2. The van der Waals surface area contributed by atoms with E-state index in [1.165, 1.54) is 6.92 Å². The number of rotatable bonds is 11. The molecule has 0 atom stereocenters. The molecule has 8 nitrogen and oxygen atoms in total. The van der Waals surface area contributed by atoms with E-state index >= 15 is 0 Å². The molecular formula is C25H25F3N6O2. The molecule has 1 aromatic heterocycles. The number of benzene rings is 2. The SMILES string of the molecule is CC(=O)NCCNc1cc(NCCNC(=O)/C=C/c2ccc(F)c(F)c2F)nc(-c2ccccc2)n1. The molecule has 0 bridgehead atoms. The summed E-state index contributed by atoms with van der Waals surface area (Å²) in [5.41, 5.74) is 0.573. The quantitative estimate of drug-likeness (QED) is 0.184. The Labute approximate surface area is 206 Å². The smallest absolute Gasteiger partial charge is 0.244 e. The van der Waals surface area contributed by atoms with Gasteiger partial charge in [0.05, 0.1) is 0 Å². The van der Waals surface area contributed by atoms with Gasteiger partial charge in [-0.2, -0.15) is 0 Å². The maximum atomic E-state index is 13.7. The first-order valence-electron chi connectivity index (χ1n) is 11.1. The summed E-state index contributed by atoms with van der Waals surface area (Å²) in [5.74, 6) is -3.36. The maximum absolute atomic E-state index is 13.7. The van der Waals surface area contributed by atoms with Gasteiger partial charge in [0, 0.05) is 56.4 Å². The molecule has 4 N–H and O–H groups in total. The van der Waals surface area contributed by atoms with E-state index in [-0.39, 0.29) is 18.0 Å². The van der Waals surface area contributed by atoms with Crippen molar-refractivity contribution in [1.29, 1.82) is 0 Å². The molecule has 0 radical (unpaired) electrons. The van der Waals surface area contributed by atoms with Crippen LogP contribution in [-0.4, -0.2) is 48.0 Å². The lowest BCUT2D eigenvalue weighted by Gasteiger charge is -2.12. The molecule has 0 fully saturated rings. The standard InChI is InChI=1S/C25H25F3N6O2/c1-16(35)29-11-12-30-20-15-21(34-25(33-20)18-5-3-2-4-6-18)31-13-14-32-22(36)10-8-17-7-9-19(26)24(28)23(17)27/h2-10,15H,11-14H2,1H3,(H,29,35)(H,32,36)(H2,30,31,33,34)/b10-8+. The van der Waals surface area contributed by atoms with E-state index in [1.54, 1.807) is 6.07 Å². The van der Waals surface area contributed by atoms with Crippen LogP contribution in [0.5, 0.6) is 0 Å². The third-order valence-corrected chi connectivity index (χ3v) is 4.77. The van der Waals surface area contributed by atoms with Crippen molar-refractivity contribution in [1.82, 2.24) is 20.6 Å². The van der Waals surface area contributed by atoms with Crippen LogP contribution in [0, 0.1) is 17.5 Å². The van der Waals surface area contributed by atoms with Gasteiger partial charge in [0.1, 0.15) is 11.6 Å². The topological polar surface area (TPSA) is 108 Å². The fourth-order valence-electron chi connectivity index (χ4n) is 3.04. The van der Waals surface area contributed by atoms with Crippen molar-refractivity contribution in [2.45, 2.75) is 6.92 Å². The minimum atomic E-state index is -1.59. The molecule has 0 saturated carbocycles. The van der Waals surface area contributed by atoms with Gasteiger partial charge in [0.15, 0.2) is 23.3 Å². The molecule has 2 amide bonds. The predicted octanol–water partition coefficient (Wildman–Crippen LogP) is 3.35. The van der Waals surface area contributed by atoms with Crippen molar-refractivity contribution in [3.63, 3.8) is 0 Å². The molecule has 3 aromatic rings. The highest BCUT2D eigenvalue weighted by atomic mass is 19.2. The highest BCUT2D eigenvalue weighted by Crippen LogP contribution is 2.20. The zero-order chi connectivity index (χ0) is 25.9. The van der Waals surface area contributed by atoms with Crippen molar-refractivity contribution < 1.29 is 22.8 Å². The highest BCUT2D eigenvalue weighted by molar-refractivity contribution is 5.91. The Bertz CT molecular complexity index is 1240. The van der Waals surface area contributed by atoms with E-state index in [0.717, 1.165) is 29.8 Å². The molecule has 0 aliphatic heterocycles. The Hall–Kier alpha value is -4.41. The molecule has 0 unspecified atom stereocenters. The van der Waals surface area contributed by atoms with Gasteiger partial charge in [0.2, 0.25) is 11.8 Å². The molecule has 11 heteroatoms. The summed E-state index contributed by atoms with van der Waals surface area (Å²) in [6.07, 6.45) is 2.10. The lowest BCUT2D eigenvalue weighted by Crippen LogP contribution is -2.27. The average Bonchev–Trinajstić information content (AvgIpc) is 2.87. The largest absolute Gasteiger partial charge is 0.368 e. The minimum absolute atomic E-state index is 0.126. The molecular weight excluding hydrogens is 473 g/mol. The Balaban J connectivity index is 1.57. The van der Waals surface area contributed by atoms with Gasteiger partial charge in [-0.05, 0) is 18.2 Å². The van der Waals surface area contributed by atoms with Crippen molar-refractivity contribution in [3.8, 4) is 11.4 Å². The van der Waals surface area contributed by atoms with Crippen molar-refractivity contribution in [2.24, 2.45) is 0 Å². The van der Waals surface area contributed by atoms with Crippen LogP contribution in [0.2, 0.25) is 0 Å². The third-order valence-electron chi connectivity index (χ3n) is 4.77. The molecule has 0 aliphatic carbocycles. The lowest BCUT2D eigenvalue weighted by molar-refractivity contribution is -0.119.